The van der Waals surface area contributed by atoms with Crippen LogP contribution in [0.15, 0.2) is 36.4 Å². The molecule has 2 aliphatic heterocycles. The predicted molar refractivity (Wildman–Crippen MR) is 113 cm³/mol. The summed E-state index contributed by atoms with van der Waals surface area (Å²) in [7, 11) is 1.70. The van der Waals surface area contributed by atoms with Gasteiger partial charge in [0.15, 0.2) is 0 Å². The molecule has 1 atom stereocenters. The van der Waals surface area contributed by atoms with Crippen LogP contribution >= 0.6 is 0 Å². The zero-order valence-corrected chi connectivity index (χ0v) is 18.3. The van der Waals surface area contributed by atoms with E-state index in [0.717, 1.165) is 0 Å². The molecule has 2 amide bonds. The van der Waals surface area contributed by atoms with Gasteiger partial charge in [0.05, 0.1) is 12.5 Å². The molecule has 3 rings (SSSR count). The average molecular weight is 420 g/mol. The molecule has 0 aliphatic carbocycles. The largest absolute Gasteiger partial charge is 0.466 e. The predicted octanol–water partition coefficient (Wildman–Crippen LogP) is 1.76. The molecule has 8 nitrogen and oxygen atoms in total. The molecule has 2 heterocycles. The molecule has 30 heavy (non-hydrogen) atoms. The molecule has 1 unspecified atom stereocenters. The van der Waals surface area contributed by atoms with E-state index in [0.29, 0.717) is 39.2 Å². The summed E-state index contributed by atoms with van der Waals surface area (Å²) in [6.45, 7) is 8.76. The van der Waals surface area contributed by atoms with Gasteiger partial charge in [0.1, 0.15) is 12.2 Å². The number of ether oxygens (including phenoxy) is 2. The molecular formula is C22H33N3O5. The molecule has 1 aromatic rings. The van der Waals surface area contributed by atoms with Crippen molar-refractivity contribution >= 4 is 18.5 Å². The Morgan fingerprint density at radius 1 is 1.17 bits per heavy atom. The van der Waals surface area contributed by atoms with Crippen molar-refractivity contribution < 1.29 is 23.9 Å². The number of hydrogen-bond acceptors (Lipinski definition) is 6. The van der Waals surface area contributed by atoms with E-state index in [1.54, 1.807) is 16.8 Å². The number of nitrogens with zero attached hydrogens (tertiary/aromatic N) is 2. The molecule has 2 aliphatic rings. The zero-order valence-electron chi connectivity index (χ0n) is 18.3. The zero-order chi connectivity index (χ0) is 22.2. The van der Waals surface area contributed by atoms with Gasteiger partial charge >= 0.3 is 6.09 Å². The Hall–Kier alpha value is -2.61. The third-order valence-corrected chi connectivity index (χ3v) is 5.18. The van der Waals surface area contributed by atoms with Gasteiger partial charge in [0.25, 0.3) is 6.47 Å². The van der Waals surface area contributed by atoms with Crippen molar-refractivity contribution in [3.63, 3.8) is 0 Å². The maximum atomic E-state index is 12.7. The number of likely N-dealkylation sites (N-methyl/N-ethyl adjacent to an activating group) is 1. The normalized spacial score (nSPS) is 19.2. The van der Waals surface area contributed by atoms with Crippen molar-refractivity contribution in [3.05, 3.63) is 36.4 Å². The molecular weight excluding hydrogens is 386 g/mol. The fourth-order valence-corrected chi connectivity index (χ4v) is 3.65. The van der Waals surface area contributed by atoms with E-state index in [1.807, 2.05) is 57.2 Å². The van der Waals surface area contributed by atoms with Crippen molar-refractivity contribution in [2.24, 2.45) is 11.3 Å². The lowest BCUT2D eigenvalue weighted by Gasteiger charge is -2.50. The Balaban J connectivity index is 0.000000456. The Kier molecular flexibility index (Phi) is 8.23. The van der Waals surface area contributed by atoms with Crippen LogP contribution in [0.25, 0.3) is 0 Å². The molecule has 2 saturated heterocycles. The van der Waals surface area contributed by atoms with E-state index in [-0.39, 0.29) is 29.9 Å². The smallest absolute Gasteiger partial charge is 0.410 e. The fraction of sp³-hybridized carbons (Fsp3) is 0.591. The fourth-order valence-electron chi connectivity index (χ4n) is 3.65. The van der Waals surface area contributed by atoms with Crippen molar-refractivity contribution in [1.29, 1.82) is 0 Å². The SMILES string of the molecule is CN(CCOC=O)C(=O)C1CNCC12CN(C(=O)OC(C)(C)C)C2.c1ccccc1. The Morgan fingerprint density at radius 2 is 1.73 bits per heavy atom. The summed E-state index contributed by atoms with van der Waals surface area (Å²) in [5.41, 5.74) is -0.754. The highest BCUT2D eigenvalue weighted by Gasteiger charge is 2.56. The van der Waals surface area contributed by atoms with Gasteiger partial charge in [-0.3, -0.25) is 9.59 Å². The molecule has 166 valence electrons. The highest BCUT2D eigenvalue weighted by Crippen LogP contribution is 2.42. The summed E-state index contributed by atoms with van der Waals surface area (Å²) < 4.78 is 10.0. The number of carbonyl (C=O) groups excluding carboxylic acids is 3. The van der Waals surface area contributed by atoms with Crippen LogP contribution in [0.2, 0.25) is 0 Å². The van der Waals surface area contributed by atoms with E-state index in [9.17, 15) is 14.4 Å². The second-order valence-electron chi connectivity index (χ2n) is 8.76. The van der Waals surface area contributed by atoms with E-state index in [1.165, 1.54) is 0 Å². The number of likely N-dealkylation sites (tertiary alicyclic amines) is 1. The molecule has 0 radical (unpaired) electrons. The first-order valence-electron chi connectivity index (χ1n) is 10.2. The molecule has 2 fully saturated rings. The average Bonchev–Trinajstić information content (AvgIpc) is 3.12. The van der Waals surface area contributed by atoms with Crippen molar-refractivity contribution in [1.82, 2.24) is 15.1 Å². The highest BCUT2D eigenvalue weighted by atomic mass is 16.6. The van der Waals surface area contributed by atoms with E-state index in [2.05, 4.69) is 10.1 Å². The Labute approximate surface area is 178 Å². The lowest BCUT2D eigenvalue weighted by molar-refractivity contribution is -0.143. The molecule has 1 N–H and O–H groups in total. The number of benzene rings is 1. The standard InChI is InChI=1S/C16H27N3O5.C6H6/c1-15(2,3)24-14(22)19-9-16(10-19)8-17-7-12(16)13(21)18(4)5-6-23-11-20;1-2-4-6-5-3-1/h11-12,17H,5-10H2,1-4H3;1-6H. The lowest BCUT2D eigenvalue weighted by Crippen LogP contribution is -2.64. The van der Waals surface area contributed by atoms with Crippen molar-refractivity contribution in [3.8, 4) is 0 Å². The maximum Gasteiger partial charge on any atom is 0.410 e. The van der Waals surface area contributed by atoms with Gasteiger partial charge in [-0.05, 0) is 20.8 Å². The number of nitrogens with one attached hydrogen (secondary N) is 1. The summed E-state index contributed by atoms with van der Waals surface area (Å²) in [6, 6.07) is 12.0. The number of hydrogen-bond donors (Lipinski definition) is 1. The second-order valence-corrected chi connectivity index (χ2v) is 8.76. The van der Waals surface area contributed by atoms with Gasteiger partial charge in [-0.1, -0.05) is 36.4 Å². The third-order valence-electron chi connectivity index (χ3n) is 5.18. The van der Waals surface area contributed by atoms with Gasteiger partial charge in [-0.25, -0.2) is 4.79 Å². The summed E-state index contributed by atoms with van der Waals surface area (Å²) >= 11 is 0. The first kappa shape index (κ1) is 23.7. The number of carbonyl (C=O) groups is 3. The van der Waals surface area contributed by atoms with Crippen LogP contribution in [0, 0.1) is 11.3 Å². The summed E-state index contributed by atoms with van der Waals surface area (Å²) in [6.07, 6.45) is -0.334. The molecule has 0 saturated carbocycles. The topological polar surface area (TPSA) is 88.2 Å². The van der Waals surface area contributed by atoms with Crippen LogP contribution in [0.5, 0.6) is 0 Å². The van der Waals surface area contributed by atoms with Crippen LogP contribution in [0.1, 0.15) is 20.8 Å². The van der Waals surface area contributed by atoms with E-state index < -0.39 is 5.60 Å². The summed E-state index contributed by atoms with van der Waals surface area (Å²) in [5, 5.41) is 3.26. The molecule has 1 aromatic carbocycles. The molecule has 0 aromatic heterocycles. The molecule has 8 heteroatoms. The Bertz CT molecular complexity index is 672. The van der Waals surface area contributed by atoms with Crippen LogP contribution < -0.4 is 5.32 Å². The molecule has 1 spiro atoms. The summed E-state index contributed by atoms with van der Waals surface area (Å²) in [5.74, 6) is -0.171. The van der Waals surface area contributed by atoms with Crippen LogP contribution in [0.3, 0.4) is 0 Å². The van der Waals surface area contributed by atoms with Crippen molar-refractivity contribution in [2.75, 3.05) is 46.4 Å². The minimum Gasteiger partial charge on any atom is -0.466 e. The number of rotatable bonds is 5. The monoisotopic (exact) mass is 419 g/mol. The highest BCUT2D eigenvalue weighted by molar-refractivity contribution is 5.81. The first-order chi connectivity index (χ1) is 14.2. The van der Waals surface area contributed by atoms with Crippen LogP contribution in [0.4, 0.5) is 4.79 Å². The summed E-state index contributed by atoms with van der Waals surface area (Å²) in [4.78, 5) is 38.2. The van der Waals surface area contributed by atoms with Gasteiger partial charge in [0, 0.05) is 38.6 Å². The Morgan fingerprint density at radius 3 is 2.23 bits per heavy atom. The van der Waals surface area contributed by atoms with Crippen LogP contribution in [-0.2, 0) is 19.1 Å². The minimum atomic E-state index is -0.526. The lowest BCUT2D eigenvalue weighted by atomic mass is 9.71. The van der Waals surface area contributed by atoms with Crippen LogP contribution in [-0.4, -0.2) is 80.3 Å². The second kappa shape index (κ2) is 10.4. The first-order valence-corrected chi connectivity index (χ1v) is 10.2. The van der Waals surface area contributed by atoms with Gasteiger partial charge in [0.2, 0.25) is 5.91 Å². The quantitative estimate of drug-likeness (QED) is 0.578. The maximum absolute atomic E-state index is 12.7. The van der Waals surface area contributed by atoms with Gasteiger partial charge in [-0.2, -0.15) is 0 Å². The van der Waals surface area contributed by atoms with E-state index in [4.69, 9.17) is 4.74 Å². The van der Waals surface area contributed by atoms with Crippen molar-refractivity contribution in [2.45, 2.75) is 26.4 Å². The molecule has 0 bridgehead atoms. The minimum absolute atomic E-state index is 0.0123. The van der Waals surface area contributed by atoms with Gasteiger partial charge in [-0.15, -0.1) is 0 Å². The number of amides is 2. The van der Waals surface area contributed by atoms with E-state index >= 15 is 0 Å². The third kappa shape index (κ3) is 6.45. The van der Waals surface area contributed by atoms with Gasteiger partial charge < -0.3 is 24.6 Å².